The molecule has 5 heteroatoms. The highest BCUT2D eigenvalue weighted by molar-refractivity contribution is 6.07. The molecule has 0 aliphatic carbocycles. The Kier molecular flexibility index (Phi) is 11.8. The maximum absolute atomic E-state index is 6.51. The number of fused-ring (bicyclic) bond motifs is 3. The SMILES string of the molecule is c1ccc(-n2ccnc2-c2ccc(-c3ccccc3-c3cc(-c4ccccc4-c4ccc(-c5ccccn5)cc4)cc(-c4ccccc4-c4ccc(-c5ccccn5)cc4-c4ccc5c(c4)oc4ccccc45)c3)cc2)cc1. The van der Waals surface area contributed by atoms with Crippen LogP contribution in [0.3, 0.4) is 0 Å². The van der Waals surface area contributed by atoms with Gasteiger partial charge < -0.3 is 4.42 Å². The average Bonchev–Trinajstić information content (AvgIpc) is 4.21. The van der Waals surface area contributed by atoms with Gasteiger partial charge in [-0.05, 0) is 157 Å². The first-order chi connectivity index (χ1) is 38.7. The summed E-state index contributed by atoms with van der Waals surface area (Å²) in [6.07, 6.45) is 7.58. The van der Waals surface area contributed by atoms with E-state index in [9.17, 15) is 0 Å². The highest BCUT2D eigenvalue weighted by Crippen LogP contribution is 2.45. The number of pyridine rings is 2. The third-order valence-corrected chi connectivity index (χ3v) is 14.9. The van der Waals surface area contributed by atoms with Crippen molar-refractivity contribution in [2.45, 2.75) is 0 Å². The van der Waals surface area contributed by atoms with Gasteiger partial charge in [-0.15, -0.1) is 0 Å². The summed E-state index contributed by atoms with van der Waals surface area (Å²) < 4.78 is 8.65. The average molecular weight is 997 g/mol. The minimum Gasteiger partial charge on any atom is -0.456 e. The van der Waals surface area contributed by atoms with E-state index in [1.165, 1.54) is 0 Å². The van der Waals surface area contributed by atoms with E-state index in [-0.39, 0.29) is 0 Å². The van der Waals surface area contributed by atoms with Crippen LogP contribution in [0.25, 0.3) is 139 Å². The molecule has 4 heterocycles. The van der Waals surface area contributed by atoms with Gasteiger partial charge >= 0.3 is 0 Å². The molecular weight excluding hydrogens is 949 g/mol. The van der Waals surface area contributed by atoms with Crippen LogP contribution in [-0.4, -0.2) is 19.5 Å². The Balaban J connectivity index is 0.939. The molecule has 0 spiro atoms. The second kappa shape index (κ2) is 20.0. The number of furan rings is 1. The molecule has 0 bridgehead atoms. The number of rotatable bonds is 11. The van der Waals surface area contributed by atoms with Gasteiger partial charge in [0.25, 0.3) is 0 Å². The first-order valence-corrected chi connectivity index (χ1v) is 26.3. The normalized spacial score (nSPS) is 11.3. The Morgan fingerprint density at radius 3 is 1.33 bits per heavy atom. The molecule has 10 aromatic carbocycles. The zero-order valence-corrected chi connectivity index (χ0v) is 42.4. The maximum Gasteiger partial charge on any atom is 0.144 e. The fraction of sp³-hybridized carbons (Fsp3) is 0. The monoisotopic (exact) mass is 996 g/mol. The van der Waals surface area contributed by atoms with E-state index in [0.717, 1.165) is 139 Å². The smallest absolute Gasteiger partial charge is 0.144 e. The van der Waals surface area contributed by atoms with Crippen LogP contribution >= 0.6 is 0 Å². The van der Waals surface area contributed by atoms with Gasteiger partial charge in [0.15, 0.2) is 0 Å². The summed E-state index contributed by atoms with van der Waals surface area (Å²) in [4.78, 5) is 14.2. The van der Waals surface area contributed by atoms with Crippen molar-refractivity contribution in [1.29, 1.82) is 0 Å². The fourth-order valence-corrected chi connectivity index (χ4v) is 11.1. The van der Waals surface area contributed by atoms with Gasteiger partial charge in [0.05, 0.1) is 11.4 Å². The Labute approximate surface area is 452 Å². The van der Waals surface area contributed by atoms with E-state index in [1.807, 2.05) is 67.3 Å². The van der Waals surface area contributed by atoms with Gasteiger partial charge in [0, 0.05) is 57.9 Å². The Morgan fingerprint density at radius 2 is 0.718 bits per heavy atom. The molecule has 14 rings (SSSR count). The van der Waals surface area contributed by atoms with Crippen LogP contribution in [0, 0.1) is 0 Å². The number of para-hydroxylation sites is 2. The topological polar surface area (TPSA) is 56.7 Å². The molecule has 78 heavy (non-hydrogen) atoms. The highest BCUT2D eigenvalue weighted by Gasteiger charge is 2.20. The van der Waals surface area contributed by atoms with E-state index in [2.05, 4.69) is 234 Å². The van der Waals surface area contributed by atoms with Gasteiger partial charge in [-0.25, -0.2) is 4.98 Å². The van der Waals surface area contributed by atoms with Gasteiger partial charge in [0.2, 0.25) is 0 Å². The fourth-order valence-electron chi connectivity index (χ4n) is 11.1. The number of imidazole rings is 1. The second-order valence-electron chi connectivity index (χ2n) is 19.5. The van der Waals surface area contributed by atoms with E-state index < -0.39 is 0 Å². The minimum atomic E-state index is 0.852. The minimum absolute atomic E-state index is 0.852. The predicted octanol–water partition coefficient (Wildman–Crippen LogP) is 19.2. The lowest BCUT2D eigenvalue weighted by atomic mass is 9.84. The molecule has 0 saturated heterocycles. The van der Waals surface area contributed by atoms with E-state index >= 15 is 0 Å². The Hall–Kier alpha value is -10.5. The number of aromatic nitrogens is 4. The summed E-state index contributed by atoms with van der Waals surface area (Å²) in [6.45, 7) is 0. The van der Waals surface area contributed by atoms with E-state index in [4.69, 9.17) is 14.4 Å². The standard InChI is InChI=1S/C73H48N4O/c1-2-16-58(17-3-1)77-43-42-76-73(77)52-34-30-50(31-35-52)60-19-5-7-21-62(60)56-44-55(61-20-6-4-18-59(61)49-28-32-51(33-29-49)69-25-12-14-40-74-69)45-57(46-56)63-22-8-9-23-64(63)65-38-37-54(70-26-13-15-41-75-70)47-68(65)53-36-39-67-66-24-10-11-27-71(66)78-72(67)48-53/h1-48H. The number of hydrogen-bond acceptors (Lipinski definition) is 4. The van der Waals surface area contributed by atoms with E-state index in [1.54, 1.807) is 0 Å². The van der Waals surface area contributed by atoms with Crippen molar-refractivity contribution in [2.24, 2.45) is 0 Å². The summed E-state index contributed by atoms with van der Waals surface area (Å²) >= 11 is 0. The largest absolute Gasteiger partial charge is 0.456 e. The van der Waals surface area contributed by atoms with Gasteiger partial charge in [-0.1, -0.05) is 188 Å². The molecule has 0 radical (unpaired) electrons. The second-order valence-corrected chi connectivity index (χ2v) is 19.5. The maximum atomic E-state index is 6.51. The Morgan fingerprint density at radius 1 is 0.256 bits per heavy atom. The third kappa shape index (κ3) is 8.65. The van der Waals surface area contributed by atoms with Crippen LogP contribution in [0.15, 0.2) is 296 Å². The zero-order chi connectivity index (χ0) is 51.8. The van der Waals surface area contributed by atoms with Crippen molar-refractivity contribution >= 4 is 21.9 Å². The number of hydrogen-bond donors (Lipinski definition) is 0. The molecule has 0 amide bonds. The quantitative estimate of drug-likeness (QED) is 0.130. The third-order valence-electron chi connectivity index (χ3n) is 14.9. The van der Waals surface area contributed by atoms with Gasteiger partial charge in [0.1, 0.15) is 17.0 Å². The summed E-state index contributed by atoms with van der Waals surface area (Å²) in [5.74, 6) is 0.895. The first-order valence-electron chi connectivity index (χ1n) is 26.3. The lowest BCUT2D eigenvalue weighted by Gasteiger charge is -2.19. The van der Waals surface area contributed by atoms with Crippen LogP contribution < -0.4 is 0 Å². The molecule has 0 saturated carbocycles. The summed E-state index contributed by atoms with van der Waals surface area (Å²) in [6, 6.07) is 95.2. The van der Waals surface area contributed by atoms with Gasteiger partial charge in [-0.3, -0.25) is 14.5 Å². The highest BCUT2D eigenvalue weighted by atomic mass is 16.3. The van der Waals surface area contributed by atoms with Crippen molar-refractivity contribution in [1.82, 2.24) is 19.5 Å². The van der Waals surface area contributed by atoms with Crippen LogP contribution in [0.1, 0.15) is 0 Å². The van der Waals surface area contributed by atoms with Crippen molar-refractivity contribution in [3.05, 3.63) is 292 Å². The van der Waals surface area contributed by atoms with Crippen molar-refractivity contribution in [3.63, 3.8) is 0 Å². The molecular formula is C73H48N4O. The van der Waals surface area contributed by atoms with Crippen molar-refractivity contribution < 1.29 is 4.42 Å². The summed E-state index contributed by atoms with van der Waals surface area (Å²) in [7, 11) is 0. The predicted molar refractivity (Wildman–Crippen MR) is 321 cm³/mol. The lowest BCUT2D eigenvalue weighted by Crippen LogP contribution is -1.96. The van der Waals surface area contributed by atoms with E-state index in [0.29, 0.717) is 0 Å². The molecule has 0 aliphatic rings. The lowest BCUT2D eigenvalue weighted by molar-refractivity contribution is 0.669. The van der Waals surface area contributed by atoms with Crippen molar-refractivity contribution in [3.8, 4) is 117 Å². The molecule has 14 aromatic rings. The van der Waals surface area contributed by atoms with Crippen LogP contribution in [-0.2, 0) is 0 Å². The van der Waals surface area contributed by atoms with Crippen LogP contribution in [0.5, 0.6) is 0 Å². The number of nitrogens with zero attached hydrogens (tertiary/aromatic N) is 4. The van der Waals surface area contributed by atoms with Crippen LogP contribution in [0.4, 0.5) is 0 Å². The zero-order valence-electron chi connectivity index (χ0n) is 42.4. The molecule has 0 aliphatic heterocycles. The molecule has 5 nitrogen and oxygen atoms in total. The molecule has 0 fully saturated rings. The summed E-state index contributed by atoms with van der Waals surface area (Å²) in [5, 5.41) is 2.20. The first kappa shape index (κ1) is 46.1. The van der Waals surface area contributed by atoms with Gasteiger partial charge in [-0.2, -0.15) is 0 Å². The molecule has 0 unspecified atom stereocenters. The summed E-state index contributed by atoms with van der Waals surface area (Å²) in [5.41, 5.74) is 23.4. The molecule has 366 valence electrons. The van der Waals surface area contributed by atoms with Crippen LogP contribution in [0.2, 0.25) is 0 Å². The molecule has 4 aromatic heterocycles. The van der Waals surface area contributed by atoms with Crippen molar-refractivity contribution in [2.75, 3.05) is 0 Å². The molecule has 0 atom stereocenters. The Bertz CT molecular complexity index is 4470. The number of benzene rings is 10. The molecule has 0 N–H and O–H groups in total.